The van der Waals surface area contributed by atoms with E-state index in [1.54, 1.807) is 11.3 Å². The summed E-state index contributed by atoms with van der Waals surface area (Å²) < 4.78 is 3.42. The van der Waals surface area contributed by atoms with E-state index in [4.69, 9.17) is 4.99 Å². The molecule has 0 aliphatic heterocycles. The molecule has 0 saturated carbocycles. The molecule has 0 aliphatic rings. The number of rotatable bonds is 4. The van der Waals surface area contributed by atoms with Crippen molar-refractivity contribution in [2.75, 3.05) is 18.0 Å². The van der Waals surface area contributed by atoms with Gasteiger partial charge in [-0.2, -0.15) is 0 Å². The van der Waals surface area contributed by atoms with Crippen molar-refractivity contribution >= 4 is 32.9 Å². The summed E-state index contributed by atoms with van der Waals surface area (Å²) in [6.07, 6.45) is 0. The average molecular weight is 311 g/mol. The van der Waals surface area contributed by atoms with Gasteiger partial charge in [-0.25, -0.2) is 4.99 Å². The lowest BCUT2D eigenvalue weighted by Gasteiger charge is -2.20. The van der Waals surface area contributed by atoms with Gasteiger partial charge in [0.1, 0.15) is 0 Å². The lowest BCUT2D eigenvalue weighted by molar-refractivity contribution is 0.866. The molecule has 0 bridgehead atoms. The Kier molecular flexibility index (Phi) is 4.29. The van der Waals surface area contributed by atoms with Crippen LogP contribution in [-0.4, -0.2) is 17.7 Å². The molecule has 0 atom stereocenters. The van der Waals surface area contributed by atoms with Crippen molar-refractivity contribution in [3.63, 3.8) is 0 Å². The van der Waals surface area contributed by atoms with Gasteiger partial charge in [-0.05, 0) is 50.2 Å². The smallest absolute Gasteiger partial charge is 0.190 e. The van der Waals surface area contributed by atoms with Gasteiger partial charge in [-0.3, -0.25) is 0 Å². The van der Waals surface area contributed by atoms with E-state index >= 15 is 0 Å². The van der Waals surface area contributed by atoms with E-state index in [1.807, 2.05) is 0 Å². The van der Waals surface area contributed by atoms with Crippen molar-refractivity contribution in [3.05, 3.63) is 53.3 Å². The van der Waals surface area contributed by atoms with Crippen LogP contribution in [0.5, 0.6) is 0 Å². The highest BCUT2D eigenvalue weighted by atomic mass is 32.1. The van der Waals surface area contributed by atoms with E-state index in [1.165, 1.54) is 15.9 Å². The van der Waals surface area contributed by atoms with E-state index in [-0.39, 0.29) is 0 Å². The number of thiazole rings is 1. The van der Waals surface area contributed by atoms with Gasteiger partial charge in [0.15, 0.2) is 4.80 Å². The summed E-state index contributed by atoms with van der Waals surface area (Å²) in [6, 6.07) is 16.9. The second-order valence-electron chi connectivity index (χ2n) is 5.21. The molecule has 1 heterocycles. The molecule has 4 heteroatoms. The SMILES string of the molecule is CCN(CC)c1ccc(N=c2sc3ccccc3n2C)cc1. The lowest BCUT2D eigenvalue weighted by atomic mass is 10.2. The Balaban J connectivity index is 1.98. The number of para-hydroxylation sites is 1. The molecular weight excluding hydrogens is 290 g/mol. The van der Waals surface area contributed by atoms with E-state index in [0.29, 0.717) is 0 Å². The molecule has 0 spiro atoms. The Morgan fingerprint density at radius 2 is 1.68 bits per heavy atom. The van der Waals surface area contributed by atoms with Crippen molar-refractivity contribution in [1.29, 1.82) is 0 Å². The van der Waals surface area contributed by atoms with Gasteiger partial charge in [0.2, 0.25) is 0 Å². The van der Waals surface area contributed by atoms with E-state index in [2.05, 4.69) is 78.9 Å². The Morgan fingerprint density at radius 1 is 1.00 bits per heavy atom. The number of hydrogen-bond donors (Lipinski definition) is 0. The van der Waals surface area contributed by atoms with Crippen molar-refractivity contribution in [1.82, 2.24) is 4.57 Å². The lowest BCUT2D eigenvalue weighted by Crippen LogP contribution is -2.21. The van der Waals surface area contributed by atoms with Gasteiger partial charge in [-0.15, -0.1) is 0 Å². The highest BCUT2D eigenvalue weighted by Gasteiger charge is 2.03. The van der Waals surface area contributed by atoms with Gasteiger partial charge >= 0.3 is 0 Å². The zero-order valence-electron chi connectivity index (χ0n) is 13.3. The maximum atomic E-state index is 4.79. The first kappa shape index (κ1) is 14.9. The van der Waals surface area contributed by atoms with Crippen LogP contribution in [0.15, 0.2) is 53.5 Å². The second kappa shape index (κ2) is 6.36. The standard InChI is InChI=1S/C18H21N3S/c1-4-21(5-2)15-12-10-14(11-13-15)19-18-20(3)16-8-6-7-9-17(16)22-18/h6-13H,4-5H2,1-3H3. The van der Waals surface area contributed by atoms with Crippen molar-refractivity contribution in [2.45, 2.75) is 13.8 Å². The second-order valence-corrected chi connectivity index (χ2v) is 6.22. The summed E-state index contributed by atoms with van der Waals surface area (Å²) in [6.45, 7) is 6.41. The van der Waals surface area contributed by atoms with Crippen molar-refractivity contribution < 1.29 is 0 Å². The van der Waals surface area contributed by atoms with Crippen LogP contribution in [0.4, 0.5) is 11.4 Å². The molecule has 0 fully saturated rings. The molecule has 0 amide bonds. The maximum absolute atomic E-state index is 4.79. The molecule has 114 valence electrons. The predicted molar refractivity (Wildman–Crippen MR) is 96.0 cm³/mol. The summed E-state index contributed by atoms with van der Waals surface area (Å²) in [7, 11) is 2.07. The summed E-state index contributed by atoms with van der Waals surface area (Å²) >= 11 is 1.72. The Morgan fingerprint density at radius 3 is 2.32 bits per heavy atom. The highest BCUT2D eigenvalue weighted by molar-refractivity contribution is 7.16. The summed E-state index contributed by atoms with van der Waals surface area (Å²) in [4.78, 5) is 8.15. The van der Waals surface area contributed by atoms with E-state index in [9.17, 15) is 0 Å². The third kappa shape index (κ3) is 2.79. The molecule has 2 aromatic carbocycles. The molecule has 3 aromatic rings. The molecule has 0 unspecified atom stereocenters. The van der Waals surface area contributed by atoms with Crippen LogP contribution in [0.2, 0.25) is 0 Å². The number of fused-ring (bicyclic) bond motifs is 1. The fourth-order valence-electron chi connectivity index (χ4n) is 2.63. The largest absolute Gasteiger partial charge is 0.372 e. The van der Waals surface area contributed by atoms with Crippen molar-refractivity contribution in [3.8, 4) is 0 Å². The van der Waals surface area contributed by atoms with Crippen LogP contribution < -0.4 is 9.70 Å². The molecular formula is C18H21N3S. The van der Waals surface area contributed by atoms with Crippen LogP contribution >= 0.6 is 11.3 Å². The quantitative estimate of drug-likeness (QED) is 0.703. The molecule has 0 N–H and O–H groups in total. The normalized spacial score (nSPS) is 12.0. The molecule has 3 nitrogen and oxygen atoms in total. The minimum atomic E-state index is 0.998. The predicted octanol–water partition coefficient (Wildman–Crippen LogP) is 4.32. The monoisotopic (exact) mass is 311 g/mol. The maximum Gasteiger partial charge on any atom is 0.190 e. The molecule has 0 radical (unpaired) electrons. The Bertz CT molecular complexity index is 823. The average Bonchev–Trinajstić information content (AvgIpc) is 2.87. The van der Waals surface area contributed by atoms with Gasteiger partial charge < -0.3 is 9.47 Å². The minimum absolute atomic E-state index is 0.998. The minimum Gasteiger partial charge on any atom is -0.372 e. The number of aryl methyl sites for hydroxylation is 1. The summed E-state index contributed by atoms with van der Waals surface area (Å²) in [5.74, 6) is 0. The van der Waals surface area contributed by atoms with Gasteiger partial charge in [-0.1, -0.05) is 23.5 Å². The molecule has 3 rings (SSSR count). The third-order valence-electron chi connectivity index (χ3n) is 3.92. The number of nitrogens with zero attached hydrogens (tertiary/aromatic N) is 3. The number of benzene rings is 2. The van der Waals surface area contributed by atoms with Crippen LogP contribution in [0.3, 0.4) is 0 Å². The molecule has 0 aliphatic carbocycles. The van der Waals surface area contributed by atoms with Crippen molar-refractivity contribution in [2.24, 2.45) is 12.0 Å². The number of anilines is 1. The Hall–Kier alpha value is -2.07. The summed E-state index contributed by atoms with van der Waals surface area (Å²) in [5.41, 5.74) is 3.48. The van der Waals surface area contributed by atoms with Gasteiger partial charge in [0.25, 0.3) is 0 Å². The van der Waals surface area contributed by atoms with Crippen LogP contribution in [0.1, 0.15) is 13.8 Å². The zero-order valence-corrected chi connectivity index (χ0v) is 14.1. The van der Waals surface area contributed by atoms with Gasteiger partial charge in [0.05, 0.1) is 15.9 Å². The fourth-order valence-corrected chi connectivity index (χ4v) is 3.66. The zero-order chi connectivity index (χ0) is 15.5. The Labute approximate surface area is 135 Å². The fraction of sp³-hybridized carbons (Fsp3) is 0.278. The van der Waals surface area contributed by atoms with Crippen LogP contribution in [0, 0.1) is 0 Å². The van der Waals surface area contributed by atoms with E-state index in [0.717, 1.165) is 23.6 Å². The first-order valence-corrected chi connectivity index (χ1v) is 8.49. The molecule has 1 aromatic heterocycles. The number of aromatic nitrogens is 1. The molecule has 0 saturated heterocycles. The van der Waals surface area contributed by atoms with Gasteiger partial charge in [0, 0.05) is 25.8 Å². The third-order valence-corrected chi connectivity index (χ3v) is 5.03. The first-order chi connectivity index (χ1) is 10.7. The van der Waals surface area contributed by atoms with E-state index < -0.39 is 0 Å². The van der Waals surface area contributed by atoms with Crippen LogP contribution in [-0.2, 0) is 7.05 Å². The molecule has 22 heavy (non-hydrogen) atoms. The topological polar surface area (TPSA) is 20.5 Å². The highest BCUT2D eigenvalue weighted by Crippen LogP contribution is 2.20. The number of hydrogen-bond acceptors (Lipinski definition) is 3. The first-order valence-electron chi connectivity index (χ1n) is 7.67. The summed E-state index contributed by atoms with van der Waals surface area (Å²) in [5, 5.41) is 0. The van der Waals surface area contributed by atoms with Crippen LogP contribution in [0.25, 0.3) is 10.2 Å².